The summed E-state index contributed by atoms with van der Waals surface area (Å²) in [5, 5.41) is 23.8. The van der Waals surface area contributed by atoms with E-state index < -0.39 is 11.8 Å². The lowest BCUT2D eigenvalue weighted by Gasteiger charge is -2.33. The van der Waals surface area contributed by atoms with Crippen molar-refractivity contribution in [3.8, 4) is 17.6 Å². The van der Waals surface area contributed by atoms with Crippen LogP contribution >= 0.6 is 22.7 Å². The molecule has 1 fully saturated rings. The molecule has 0 radical (unpaired) electrons. The number of fused-ring (bicyclic) bond motifs is 2. The Balaban J connectivity index is 0.867. The van der Waals surface area contributed by atoms with Crippen molar-refractivity contribution in [2.75, 3.05) is 62.6 Å². The molecule has 0 unspecified atom stereocenters. The van der Waals surface area contributed by atoms with Crippen LogP contribution in [0.5, 0.6) is 5.75 Å². The van der Waals surface area contributed by atoms with Gasteiger partial charge in [-0.1, -0.05) is 87.2 Å². The maximum atomic E-state index is 15.0. The molecule has 3 aromatic heterocycles. The number of carbonyl (C=O) groups is 1. The van der Waals surface area contributed by atoms with Crippen LogP contribution in [-0.2, 0) is 12.8 Å². The normalized spacial score (nSPS) is 14.6. The number of hydrogen-bond donors (Lipinski definition) is 2. The van der Waals surface area contributed by atoms with Crippen LogP contribution in [0, 0.1) is 24.6 Å². The van der Waals surface area contributed by atoms with Gasteiger partial charge in [0.05, 0.1) is 23.4 Å². The Labute approximate surface area is 355 Å². The van der Waals surface area contributed by atoms with Gasteiger partial charge in [0.1, 0.15) is 0 Å². The fourth-order valence-corrected chi connectivity index (χ4v) is 9.69. The summed E-state index contributed by atoms with van der Waals surface area (Å²) in [6, 6.07) is 12.8. The summed E-state index contributed by atoms with van der Waals surface area (Å²) in [5.74, 6) is 6.30. The molecular formula is C45H55FN8O3S2. The fraction of sp³-hybridized carbons (Fsp3) is 0.489. The van der Waals surface area contributed by atoms with Crippen molar-refractivity contribution in [2.45, 2.75) is 90.9 Å². The number of unbranched alkanes of at least 4 members (excludes halogenated alkanes) is 7. The number of aromatic carboxylic acids is 1. The quantitative estimate of drug-likeness (QED) is 0.0611. The number of piperazine rings is 1. The molecular weight excluding hydrogens is 784 g/mol. The number of para-hydroxylation sites is 1. The minimum absolute atomic E-state index is 0.0192. The van der Waals surface area contributed by atoms with Crippen molar-refractivity contribution in [2.24, 2.45) is 0 Å². The van der Waals surface area contributed by atoms with Crippen LogP contribution in [-0.4, -0.2) is 93.5 Å². The number of benzene rings is 2. The molecule has 5 heterocycles. The van der Waals surface area contributed by atoms with Gasteiger partial charge in [0, 0.05) is 54.3 Å². The molecule has 0 saturated carbocycles. The summed E-state index contributed by atoms with van der Waals surface area (Å²) >= 11 is 2.90. The molecule has 11 nitrogen and oxygen atoms in total. The molecule has 312 valence electrons. The van der Waals surface area contributed by atoms with Gasteiger partial charge in [-0.3, -0.25) is 4.90 Å². The minimum atomic E-state index is -1.09. The molecule has 5 aromatic rings. The zero-order chi connectivity index (χ0) is 41.0. The molecule has 1 saturated heterocycles. The first-order chi connectivity index (χ1) is 28.9. The first-order valence-corrected chi connectivity index (χ1v) is 22.8. The van der Waals surface area contributed by atoms with Crippen molar-refractivity contribution < 1.29 is 19.0 Å². The standard InChI is InChI=1S/C45H55FN8O3S2/c1-3-4-5-6-7-8-9-12-23-52-26-28-53(29-27-52)24-13-16-33-21-22-37(35(46)31-33)57-30-15-20-39-40(43(55)56)48-45(59-39)54-25-14-17-34-32(2)41(50-51-42(34)54)49-44-47-36-18-10-11-19-38(36)58-44/h10-11,18-19,21-22,31H,3-9,12,14-15,17,20,23-30H2,1-2H3,(H,55,56)(H,47,49,50). The SMILES string of the molecule is CCCCCCCCCCN1CCN(CC#Cc2ccc(OCCCc3sc(N4CCCc5c4nnc(Nc4nc6ccccc6s4)c5C)nc3C(=O)O)c(F)c2)CC1. The van der Waals surface area contributed by atoms with Gasteiger partial charge in [0.2, 0.25) is 0 Å². The Morgan fingerprint density at radius 3 is 2.49 bits per heavy atom. The molecule has 59 heavy (non-hydrogen) atoms. The fourth-order valence-electron chi connectivity index (χ4n) is 7.71. The molecule has 2 aliphatic rings. The maximum Gasteiger partial charge on any atom is 0.355 e. The van der Waals surface area contributed by atoms with Crippen LogP contribution in [0.4, 0.5) is 26.3 Å². The average molecular weight is 839 g/mol. The summed E-state index contributed by atoms with van der Waals surface area (Å²) in [6.07, 6.45) is 13.4. The summed E-state index contributed by atoms with van der Waals surface area (Å²) in [7, 11) is 0. The number of hydrogen-bond acceptors (Lipinski definition) is 12. The van der Waals surface area contributed by atoms with Gasteiger partial charge in [-0.05, 0) is 75.9 Å². The van der Waals surface area contributed by atoms with E-state index >= 15 is 4.39 Å². The predicted octanol–water partition coefficient (Wildman–Crippen LogP) is 9.64. The van der Waals surface area contributed by atoms with Crippen molar-refractivity contribution in [1.82, 2.24) is 30.0 Å². The Hall–Kier alpha value is -4.68. The zero-order valence-electron chi connectivity index (χ0n) is 34.3. The van der Waals surface area contributed by atoms with E-state index in [0.29, 0.717) is 53.1 Å². The van der Waals surface area contributed by atoms with E-state index in [1.54, 1.807) is 23.5 Å². The Kier molecular flexibility index (Phi) is 15.1. The van der Waals surface area contributed by atoms with Crippen LogP contribution in [0.25, 0.3) is 10.2 Å². The highest BCUT2D eigenvalue weighted by Gasteiger charge is 2.28. The molecule has 0 bridgehead atoms. The molecule has 2 aliphatic heterocycles. The first kappa shape index (κ1) is 42.4. The van der Waals surface area contributed by atoms with E-state index in [9.17, 15) is 9.90 Å². The van der Waals surface area contributed by atoms with Crippen molar-refractivity contribution in [3.63, 3.8) is 0 Å². The van der Waals surface area contributed by atoms with Gasteiger partial charge in [-0.2, -0.15) is 0 Å². The van der Waals surface area contributed by atoms with Crippen LogP contribution in [0.15, 0.2) is 42.5 Å². The summed E-state index contributed by atoms with van der Waals surface area (Å²) in [5.41, 5.74) is 3.59. The van der Waals surface area contributed by atoms with Crippen molar-refractivity contribution in [3.05, 3.63) is 75.5 Å². The number of carboxylic acid groups (broad SMARTS) is 1. The second kappa shape index (κ2) is 21.0. The highest BCUT2D eigenvalue weighted by atomic mass is 32.1. The smallest absolute Gasteiger partial charge is 0.355 e. The van der Waals surface area contributed by atoms with Crippen LogP contribution in [0.2, 0.25) is 0 Å². The number of anilines is 4. The Bertz CT molecular complexity index is 2210. The van der Waals surface area contributed by atoms with Gasteiger partial charge in [0.15, 0.2) is 39.2 Å². The largest absolute Gasteiger partial charge is 0.491 e. The van der Waals surface area contributed by atoms with Crippen molar-refractivity contribution in [1.29, 1.82) is 0 Å². The Morgan fingerprint density at radius 2 is 1.71 bits per heavy atom. The van der Waals surface area contributed by atoms with Gasteiger partial charge in [-0.15, -0.1) is 21.5 Å². The molecule has 0 aliphatic carbocycles. The maximum absolute atomic E-state index is 15.0. The number of aromatic nitrogens is 4. The average Bonchev–Trinajstić information content (AvgIpc) is 3.87. The van der Waals surface area contributed by atoms with E-state index in [2.05, 4.69) is 54.0 Å². The molecule has 14 heteroatoms. The topological polar surface area (TPSA) is 120 Å². The van der Waals surface area contributed by atoms with Gasteiger partial charge in [0.25, 0.3) is 0 Å². The van der Waals surface area contributed by atoms with E-state index in [-0.39, 0.29) is 18.1 Å². The number of aryl methyl sites for hydroxylation is 1. The second-order valence-electron chi connectivity index (χ2n) is 15.4. The first-order valence-electron chi connectivity index (χ1n) is 21.2. The highest BCUT2D eigenvalue weighted by molar-refractivity contribution is 7.22. The predicted molar refractivity (Wildman–Crippen MR) is 237 cm³/mol. The van der Waals surface area contributed by atoms with Gasteiger partial charge in [-0.25, -0.2) is 19.2 Å². The minimum Gasteiger partial charge on any atom is -0.491 e. The number of rotatable bonds is 19. The lowest BCUT2D eigenvalue weighted by Crippen LogP contribution is -2.46. The Morgan fingerprint density at radius 1 is 0.932 bits per heavy atom. The van der Waals surface area contributed by atoms with Crippen molar-refractivity contribution >= 4 is 60.8 Å². The number of ether oxygens (including phenoxy) is 1. The lowest BCUT2D eigenvalue weighted by atomic mass is 10.0. The van der Waals surface area contributed by atoms with Crippen LogP contribution < -0.4 is 15.0 Å². The van der Waals surface area contributed by atoms with Gasteiger partial charge < -0.3 is 25.0 Å². The summed E-state index contributed by atoms with van der Waals surface area (Å²) in [6.45, 7) is 11.2. The molecule has 0 spiro atoms. The third kappa shape index (κ3) is 11.3. The van der Waals surface area contributed by atoms with Gasteiger partial charge >= 0.3 is 5.97 Å². The molecule has 0 amide bonds. The molecule has 2 aromatic carbocycles. The summed E-state index contributed by atoms with van der Waals surface area (Å²) < 4.78 is 21.9. The molecule has 2 N–H and O–H groups in total. The summed E-state index contributed by atoms with van der Waals surface area (Å²) in [4.78, 5) is 29.1. The lowest BCUT2D eigenvalue weighted by molar-refractivity contribution is 0.0690. The number of nitrogens with zero attached hydrogens (tertiary/aromatic N) is 7. The third-order valence-electron chi connectivity index (χ3n) is 11.1. The number of halogens is 1. The number of thiazole rings is 2. The van der Waals surface area contributed by atoms with E-state index in [0.717, 1.165) is 65.5 Å². The zero-order valence-corrected chi connectivity index (χ0v) is 35.9. The number of nitrogens with one attached hydrogen (secondary N) is 1. The monoisotopic (exact) mass is 838 g/mol. The highest BCUT2D eigenvalue weighted by Crippen LogP contribution is 2.39. The van der Waals surface area contributed by atoms with Crippen LogP contribution in [0.1, 0.15) is 103 Å². The molecule has 0 atom stereocenters. The third-order valence-corrected chi connectivity index (χ3v) is 13.2. The van der Waals surface area contributed by atoms with E-state index in [4.69, 9.17) is 4.74 Å². The van der Waals surface area contributed by atoms with E-state index in [1.807, 2.05) is 36.1 Å². The van der Waals surface area contributed by atoms with E-state index in [1.165, 1.54) is 75.3 Å². The number of carboxylic acids is 1. The van der Waals surface area contributed by atoms with Crippen LogP contribution in [0.3, 0.4) is 0 Å². The second-order valence-corrected chi connectivity index (χ2v) is 17.5. The molecule has 7 rings (SSSR count).